The molecule has 1 aromatic heterocycles. The lowest BCUT2D eigenvalue weighted by atomic mass is 9.80. The Morgan fingerprint density at radius 2 is 1.67 bits per heavy atom. The van der Waals surface area contributed by atoms with Gasteiger partial charge in [0.2, 0.25) is 0 Å². The number of hydrogen-bond acceptors (Lipinski definition) is 4. The molecule has 0 amide bonds. The van der Waals surface area contributed by atoms with E-state index in [1.54, 1.807) is 6.08 Å². The third-order valence-corrected chi connectivity index (χ3v) is 9.59. The third-order valence-electron chi connectivity index (χ3n) is 9.59. The molecule has 4 heteroatoms. The van der Waals surface area contributed by atoms with Crippen LogP contribution in [0.3, 0.4) is 0 Å². The zero-order valence-corrected chi connectivity index (χ0v) is 25.5. The number of ketones is 2. The number of unbranched alkanes of at least 4 members (excludes halogenated alkanes) is 1. The summed E-state index contributed by atoms with van der Waals surface area (Å²) in [5.74, 6) is 2.29. The number of pyridine rings is 1. The van der Waals surface area contributed by atoms with Crippen LogP contribution in [-0.2, 0) is 9.59 Å². The summed E-state index contributed by atoms with van der Waals surface area (Å²) < 4.78 is 0. The van der Waals surface area contributed by atoms with Crippen LogP contribution in [0.4, 0.5) is 0 Å². The molecule has 3 fully saturated rings. The minimum atomic E-state index is 0.0546. The smallest absolute Gasteiger partial charge is 0.169 e. The van der Waals surface area contributed by atoms with E-state index >= 15 is 0 Å². The fraction of sp³-hybridized carbons (Fsp3) is 0.743. The van der Waals surface area contributed by atoms with Crippen LogP contribution in [-0.4, -0.2) is 40.1 Å². The highest BCUT2D eigenvalue weighted by Crippen LogP contribution is 2.40. The molecule has 216 valence electrons. The van der Waals surface area contributed by atoms with Crippen LogP contribution < -0.4 is 0 Å². The molecule has 2 aliphatic heterocycles. The number of aryl methyl sites for hydroxylation is 2. The van der Waals surface area contributed by atoms with Gasteiger partial charge in [0.05, 0.1) is 6.54 Å². The number of allylic oxidation sites excluding steroid dienone is 1. The Morgan fingerprint density at radius 1 is 0.949 bits per heavy atom. The molecule has 0 N–H and O–H groups in total. The first-order valence-electron chi connectivity index (χ1n) is 16.0. The van der Waals surface area contributed by atoms with Gasteiger partial charge in [-0.25, -0.2) is 0 Å². The summed E-state index contributed by atoms with van der Waals surface area (Å²) in [4.78, 5) is 33.1. The predicted molar refractivity (Wildman–Crippen MR) is 161 cm³/mol. The van der Waals surface area contributed by atoms with Crippen molar-refractivity contribution in [3.05, 3.63) is 41.2 Å². The van der Waals surface area contributed by atoms with Crippen molar-refractivity contribution in [2.75, 3.05) is 6.54 Å². The molecule has 2 unspecified atom stereocenters. The van der Waals surface area contributed by atoms with Gasteiger partial charge in [0.1, 0.15) is 5.78 Å². The van der Waals surface area contributed by atoms with Gasteiger partial charge in [-0.15, -0.1) is 0 Å². The molecule has 5 atom stereocenters. The number of carbonyl (C=O) groups excluding carboxylic acids is 2. The molecule has 1 saturated carbocycles. The Bertz CT molecular complexity index is 972. The second kappa shape index (κ2) is 13.7. The van der Waals surface area contributed by atoms with Gasteiger partial charge in [-0.2, -0.15) is 0 Å². The largest absolute Gasteiger partial charge is 0.299 e. The van der Waals surface area contributed by atoms with Crippen molar-refractivity contribution < 1.29 is 9.59 Å². The summed E-state index contributed by atoms with van der Waals surface area (Å²) in [7, 11) is 0. The number of nitrogens with zero attached hydrogens (tertiary/aromatic N) is 2. The van der Waals surface area contributed by atoms with Crippen molar-refractivity contribution in [2.24, 2.45) is 17.3 Å². The van der Waals surface area contributed by atoms with E-state index in [-0.39, 0.29) is 17.1 Å². The monoisotopic (exact) mass is 534 g/mol. The van der Waals surface area contributed by atoms with Crippen molar-refractivity contribution in [1.29, 1.82) is 0 Å². The van der Waals surface area contributed by atoms with Gasteiger partial charge < -0.3 is 0 Å². The predicted octanol–water partition coefficient (Wildman–Crippen LogP) is 8.30. The zero-order valence-electron chi connectivity index (χ0n) is 25.5. The van der Waals surface area contributed by atoms with Gasteiger partial charge in [0.25, 0.3) is 0 Å². The second-order valence-electron chi connectivity index (χ2n) is 14.2. The van der Waals surface area contributed by atoms with Gasteiger partial charge in [-0.3, -0.25) is 19.5 Å². The Morgan fingerprint density at radius 3 is 2.36 bits per heavy atom. The molecular formula is C35H54N2O2. The molecular weight excluding hydrogens is 480 g/mol. The summed E-state index contributed by atoms with van der Waals surface area (Å²) in [6, 6.07) is 5.57. The highest BCUT2D eigenvalue weighted by Gasteiger charge is 2.40. The van der Waals surface area contributed by atoms with Crippen molar-refractivity contribution in [3.63, 3.8) is 0 Å². The van der Waals surface area contributed by atoms with E-state index in [4.69, 9.17) is 4.98 Å². The van der Waals surface area contributed by atoms with Crippen molar-refractivity contribution >= 4 is 11.6 Å². The van der Waals surface area contributed by atoms with E-state index in [9.17, 15) is 9.59 Å². The average Bonchev–Trinajstić information content (AvgIpc) is 3.06. The van der Waals surface area contributed by atoms with E-state index < -0.39 is 0 Å². The molecule has 3 heterocycles. The van der Waals surface area contributed by atoms with Crippen LogP contribution in [0.2, 0.25) is 0 Å². The molecule has 39 heavy (non-hydrogen) atoms. The molecule has 0 aromatic carbocycles. The first kappa shape index (κ1) is 30.2. The average molecular weight is 535 g/mol. The lowest BCUT2D eigenvalue weighted by molar-refractivity contribution is -0.123. The molecule has 2 saturated heterocycles. The highest BCUT2D eigenvalue weighted by molar-refractivity contribution is 5.91. The summed E-state index contributed by atoms with van der Waals surface area (Å²) in [5.41, 5.74) is 3.71. The first-order chi connectivity index (χ1) is 18.6. The maximum atomic E-state index is 13.2. The van der Waals surface area contributed by atoms with Gasteiger partial charge in [-0.05, 0) is 107 Å². The number of aromatic nitrogens is 1. The minimum absolute atomic E-state index is 0.0546. The van der Waals surface area contributed by atoms with Gasteiger partial charge >= 0.3 is 0 Å². The van der Waals surface area contributed by atoms with Crippen LogP contribution in [0.25, 0.3) is 0 Å². The second-order valence-corrected chi connectivity index (χ2v) is 14.2. The summed E-state index contributed by atoms with van der Waals surface area (Å²) in [5, 5.41) is 0. The lowest BCUT2D eigenvalue weighted by Gasteiger charge is -2.38. The zero-order chi connectivity index (χ0) is 28.0. The Labute approximate surface area is 238 Å². The standard InChI is InChI=1S/C35H54N2O2/c1-25-20-26(2)36-33(21-25)28-11-7-8-12-29(15-14-28)34(39)13-9-6-10-27-22-30-16-17-31(23-27)37(30)24-32(38)18-19-35(3,4)5/h18-21,27-31H,6-17,22-24H2,1-5H3/b19-18+/t27?,28-,29?,30-,31+/m0/s1. The van der Waals surface area contributed by atoms with E-state index in [1.165, 1.54) is 69.0 Å². The molecule has 3 aliphatic rings. The fourth-order valence-corrected chi connectivity index (χ4v) is 7.56. The number of rotatable bonds is 10. The normalized spacial score (nSPS) is 28.4. The highest BCUT2D eigenvalue weighted by atomic mass is 16.1. The number of hydrogen-bond donors (Lipinski definition) is 0. The molecule has 4 nitrogen and oxygen atoms in total. The quantitative estimate of drug-likeness (QED) is 0.224. The maximum absolute atomic E-state index is 13.2. The van der Waals surface area contributed by atoms with Crippen LogP contribution >= 0.6 is 0 Å². The molecule has 2 bridgehead atoms. The topological polar surface area (TPSA) is 50.3 Å². The maximum Gasteiger partial charge on any atom is 0.169 e. The molecule has 1 aliphatic carbocycles. The summed E-state index contributed by atoms with van der Waals surface area (Å²) in [6.45, 7) is 11.3. The first-order valence-corrected chi connectivity index (χ1v) is 16.0. The Hall–Kier alpha value is -1.81. The van der Waals surface area contributed by atoms with Crippen LogP contribution in [0.1, 0.15) is 134 Å². The van der Waals surface area contributed by atoms with Crippen molar-refractivity contribution in [1.82, 2.24) is 9.88 Å². The van der Waals surface area contributed by atoms with Crippen molar-refractivity contribution in [2.45, 2.75) is 143 Å². The number of Topliss-reactive ketones (excluding diaryl/α,β-unsaturated/α-hetero) is 1. The summed E-state index contributed by atoms with van der Waals surface area (Å²) in [6.07, 6.45) is 19.8. The van der Waals surface area contributed by atoms with Crippen LogP contribution in [0.15, 0.2) is 24.3 Å². The Balaban J connectivity index is 1.17. The molecule has 0 spiro atoms. The minimum Gasteiger partial charge on any atom is -0.299 e. The lowest BCUT2D eigenvalue weighted by Crippen LogP contribution is -2.45. The van der Waals surface area contributed by atoms with E-state index in [0.717, 1.165) is 43.7 Å². The number of piperidine rings is 1. The van der Waals surface area contributed by atoms with Crippen molar-refractivity contribution in [3.8, 4) is 0 Å². The summed E-state index contributed by atoms with van der Waals surface area (Å²) >= 11 is 0. The SMILES string of the molecule is Cc1cc(C)nc([C@H]2CCCCC(C(=O)CCCCC3C[C@H]4CC[C@@H](C3)N4CC(=O)/C=C/C(C)(C)C)CC2)c1. The molecule has 1 aromatic rings. The number of fused-ring (bicyclic) bond motifs is 2. The Kier molecular flexibility index (Phi) is 10.6. The number of carbonyl (C=O) groups is 2. The molecule has 0 radical (unpaired) electrons. The van der Waals surface area contributed by atoms with Gasteiger partial charge in [0.15, 0.2) is 5.78 Å². The van der Waals surface area contributed by atoms with E-state index in [1.807, 2.05) is 6.08 Å². The van der Waals surface area contributed by atoms with E-state index in [0.29, 0.717) is 30.3 Å². The van der Waals surface area contributed by atoms with Gasteiger partial charge in [-0.1, -0.05) is 52.5 Å². The van der Waals surface area contributed by atoms with Crippen LogP contribution in [0, 0.1) is 31.1 Å². The third kappa shape index (κ3) is 9.10. The van der Waals surface area contributed by atoms with Crippen LogP contribution in [0.5, 0.6) is 0 Å². The fourth-order valence-electron chi connectivity index (χ4n) is 7.56. The van der Waals surface area contributed by atoms with E-state index in [2.05, 4.69) is 51.7 Å². The molecule has 4 rings (SSSR count). The van der Waals surface area contributed by atoms with Gasteiger partial charge in [0, 0.05) is 41.7 Å².